The molecular weight excluding hydrogens is 519 g/mol. The highest BCUT2D eigenvalue weighted by Gasteiger charge is 2.16. The summed E-state index contributed by atoms with van der Waals surface area (Å²) in [6.07, 6.45) is 4.66. The van der Waals surface area contributed by atoms with Gasteiger partial charge < -0.3 is 10.6 Å². The molecule has 2 N–H and O–H groups in total. The standard InChI is InChI=1S/C31H22Cl2N2O3/c32-25-11-6-7-21(19-25)13-18-29(36)22-14-16-26(17-15-22)34-31(38)28(20-24-10-4-5-12-27(24)33)35-30(37)23-8-2-1-3-9-23/h1-20H,(H,34,38)(H,35,37)/b18-13+,28-20-. The van der Waals surface area contributed by atoms with Crippen LogP contribution in [0.3, 0.4) is 0 Å². The average molecular weight is 541 g/mol. The van der Waals surface area contributed by atoms with Gasteiger partial charge in [-0.15, -0.1) is 0 Å². The monoisotopic (exact) mass is 540 g/mol. The molecule has 0 fully saturated rings. The van der Waals surface area contributed by atoms with Crippen LogP contribution in [0.2, 0.25) is 10.0 Å². The van der Waals surface area contributed by atoms with Crippen molar-refractivity contribution in [2.45, 2.75) is 0 Å². The molecule has 0 aliphatic rings. The molecule has 4 rings (SSSR count). The first-order valence-electron chi connectivity index (χ1n) is 11.6. The minimum absolute atomic E-state index is 0.0107. The molecule has 4 aromatic carbocycles. The summed E-state index contributed by atoms with van der Waals surface area (Å²) in [5.74, 6) is -1.18. The van der Waals surface area contributed by atoms with Gasteiger partial charge in [-0.1, -0.05) is 77.8 Å². The van der Waals surface area contributed by atoms with Crippen molar-refractivity contribution >= 4 is 58.6 Å². The van der Waals surface area contributed by atoms with E-state index in [4.69, 9.17) is 23.2 Å². The molecule has 0 heterocycles. The Morgan fingerprint density at radius 1 is 0.711 bits per heavy atom. The predicted octanol–water partition coefficient (Wildman–Crippen LogP) is 7.30. The van der Waals surface area contributed by atoms with E-state index in [0.29, 0.717) is 32.4 Å². The van der Waals surface area contributed by atoms with Crippen molar-refractivity contribution in [2.75, 3.05) is 5.32 Å². The molecule has 0 atom stereocenters. The molecule has 0 aliphatic carbocycles. The first kappa shape index (κ1) is 26.6. The van der Waals surface area contributed by atoms with Crippen molar-refractivity contribution < 1.29 is 14.4 Å². The van der Waals surface area contributed by atoms with E-state index in [2.05, 4.69) is 10.6 Å². The topological polar surface area (TPSA) is 75.3 Å². The molecule has 7 heteroatoms. The van der Waals surface area contributed by atoms with Crippen LogP contribution < -0.4 is 10.6 Å². The molecule has 0 spiro atoms. The van der Waals surface area contributed by atoms with Crippen molar-refractivity contribution in [3.8, 4) is 0 Å². The van der Waals surface area contributed by atoms with Crippen LogP contribution in [0.1, 0.15) is 31.8 Å². The van der Waals surface area contributed by atoms with E-state index in [1.54, 1.807) is 103 Å². The Balaban J connectivity index is 1.50. The molecule has 4 aromatic rings. The molecule has 0 radical (unpaired) electrons. The maximum atomic E-state index is 13.2. The molecule has 188 valence electrons. The largest absolute Gasteiger partial charge is 0.321 e. The van der Waals surface area contributed by atoms with Gasteiger partial charge in [0.05, 0.1) is 0 Å². The number of nitrogens with one attached hydrogen (secondary N) is 2. The molecule has 2 amide bonds. The predicted molar refractivity (Wildman–Crippen MR) is 153 cm³/mol. The Hall–Kier alpha value is -4.45. The van der Waals surface area contributed by atoms with Crippen LogP contribution in [0.5, 0.6) is 0 Å². The number of carbonyl (C=O) groups is 3. The van der Waals surface area contributed by atoms with Gasteiger partial charge in [-0.05, 0) is 77.9 Å². The zero-order valence-electron chi connectivity index (χ0n) is 20.0. The molecule has 5 nitrogen and oxygen atoms in total. The zero-order chi connectivity index (χ0) is 26.9. The Labute approximate surface area is 230 Å². The minimum Gasteiger partial charge on any atom is -0.321 e. The van der Waals surface area contributed by atoms with Crippen LogP contribution in [0, 0.1) is 0 Å². The Bertz CT molecular complexity index is 1530. The quantitative estimate of drug-likeness (QED) is 0.182. The van der Waals surface area contributed by atoms with E-state index in [1.807, 2.05) is 6.07 Å². The van der Waals surface area contributed by atoms with Crippen molar-refractivity contribution in [2.24, 2.45) is 0 Å². The van der Waals surface area contributed by atoms with Gasteiger partial charge in [-0.25, -0.2) is 0 Å². The second kappa shape index (κ2) is 12.7. The van der Waals surface area contributed by atoms with Gasteiger partial charge in [-0.2, -0.15) is 0 Å². The molecule has 0 saturated heterocycles. The number of amides is 2. The number of ketones is 1. The van der Waals surface area contributed by atoms with Gasteiger partial charge in [0.15, 0.2) is 5.78 Å². The van der Waals surface area contributed by atoms with Crippen molar-refractivity contribution in [3.05, 3.63) is 147 Å². The summed E-state index contributed by atoms with van der Waals surface area (Å²) >= 11 is 12.3. The van der Waals surface area contributed by atoms with Crippen LogP contribution in [0.15, 0.2) is 115 Å². The summed E-state index contributed by atoms with van der Waals surface area (Å²) in [5.41, 5.74) is 2.69. The first-order valence-corrected chi connectivity index (χ1v) is 12.4. The second-order valence-electron chi connectivity index (χ2n) is 8.18. The van der Waals surface area contributed by atoms with Crippen molar-refractivity contribution in [1.82, 2.24) is 5.32 Å². The summed E-state index contributed by atoms with van der Waals surface area (Å²) in [6, 6.07) is 29.2. The third-order valence-electron chi connectivity index (χ3n) is 5.44. The Kier molecular flexibility index (Phi) is 8.88. The van der Waals surface area contributed by atoms with Gasteiger partial charge >= 0.3 is 0 Å². The highest BCUT2D eigenvalue weighted by atomic mass is 35.5. The van der Waals surface area contributed by atoms with E-state index in [0.717, 1.165) is 5.56 Å². The van der Waals surface area contributed by atoms with Gasteiger partial charge in [0.25, 0.3) is 11.8 Å². The molecule has 0 bridgehead atoms. The van der Waals surface area contributed by atoms with Gasteiger partial charge in [-0.3, -0.25) is 14.4 Å². The van der Waals surface area contributed by atoms with Crippen molar-refractivity contribution in [3.63, 3.8) is 0 Å². The number of allylic oxidation sites excluding steroid dienone is 1. The second-order valence-corrected chi connectivity index (χ2v) is 9.03. The maximum absolute atomic E-state index is 13.2. The molecule has 0 aromatic heterocycles. The molecule has 0 unspecified atom stereocenters. The molecule has 0 saturated carbocycles. The van der Waals surface area contributed by atoms with Crippen LogP contribution >= 0.6 is 23.2 Å². The van der Waals surface area contributed by atoms with E-state index < -0.39 is 11.8 Å². The highest BCUT2D eigenvalue weighted by Crippen LogP contribution is 2.19. The molecule has 38 heavy (non-hydrogen) atoms. The number of hydrogen-bond donors (Lipinski definition) is 2. The third kappa shape index (κ3) is 7.29. The number of anilines is 1. The van der Waals surface area contributed by atoms with E-state index in [1.165, 1.54) is 12.2 Å². The maximum Gasteiger partial charge on any atom is 0.272 e. The Morgan fingerprint density at radius 3 is 2.13 bits per heavy atom. The smallest absolute Gasteiger partial charge is 0.272 e. The molecule has 0 aliphatic heterocycles. The summed E-state index contributed by atoms with van der Waals surface area (Å²) < 4.78 is 0. The lowest BCUT2D eigenvalue weighted by Crippen LogP contribution is -2.30. The highest BCUT2D eigenvalue weighted by molar-refractivity contribution is 6.32. The number of carbonyl (C=O) groups excluding carboxylic acids is 3. The minimum atomic E-state index is -0.547. The average Bonchev–Trinajstić information content (AvgIpc) is 2.93. The summed E-state index contributed by atoms with van der Waals surface area (Å²) in [4.78, 5) is 38.5. The van der Waals surface area contributed by atoms with E-state index in [-0.39, 0.29) is 11.5 Å². The lowest BCUT2D eigenvalue weighted by atomic mass is 10.1. The van der Waals surface area contributed by atoms with Crippen molar-refractivity contribution in [1.29, 1.82) is 0 Å². The van der Waals surface area contributed by atoms with Gasteiger partial charge in [0.2, 0.25) is 0 Å². The first-order chi connectivity index (χ1) is 18.4. The van der Waals surface area contributed by atoms with Crippen LogP contribution in [-0.4, -0.2) is 17.6 Å². The fourth-order valence-corrected chi connectivity index (χ4v) is 3.87. The fraction of sp³-hybridized carbons (Fsp3) is 0. The normalized spacial score (nSPS) is 11.3. The fourth-order valence-electron chi connectivity index (χ4n) is 3.48. The summed E-state index contributed by atoms with van der Waals surface area (Å²) in [5, 5.41) is 6.45. The lowest BCUT2D eigenvalue weighted by Gasteiger charge is -2.12. The van der Waals surface area contributed by atoms with Crippen LogP contribution in [-0.2, 0) is 4.79 Å². The van der Waals surface area contributed by atoms with Gasteiger partial charge in [0, 0.05) is 26.9 Å². The SMILES string of the molecule is O=C(Nc1ccc(C(=O)/C=C/c2cccc(Cl)c2)cc1)/C(=C/c1ccccc1Cl)NC(=O)c1ccccc1. The molecular formula is C31H22Cl2N2O3. The number of rotatable bonds is 8. The third-order valence-corrected chi connectivity index (χ3v) is 6.02. The zero-order valence-corrected chi connectivity index (χ0v) is 21.5. The van der Waals surface area contributed by atoms with Crippen LogP contribution in [0.25, 0.3) is 12.2 Å². The van der Waals surface area contributed by atoms with Crippen LogP contribution in [0.4, 0.5) is 5.69 Å². The lowest BCUT2D eigenvalue weighted by molar-refractivity contribution is -0.113. The number of hydrogen-bond acceptors (Lipinski definition) is 3. The number of halogens is 2. The van der Waals surface area contributed by atoms with E-state index in [9.17, 15) is 14.4 Å². The van der Waals surface area contributed by atoms with E-state index >= 15 is 0 Å². The number of benzene rings is 4. The Morgan fingerprint density at radius 2 is 1.42 bits per heavy atom. The summed E-state index contributed by atoms with van der Waals surface area (Å²) in [6.45, 7) is 0. The summed E-state index contributed by atoms with van der Waals surface area (Å²) in [7, 11) is 0. The van der Waals surface area contributed by atoms with Gasteiger partial charge in [0.1, 0.15) is 5.70 Å².